The van der Waals surface area contributed by atoms with E-state index in [0.717, 1.165) is 19.1 Å². The minimum absolute atomic E-state index is 0.0113. The van der Waals surface area contributed by atoms with E-state index in [1.165, 1.54) is 4.52 Å². The zero-order chi connectivity index (χ0) is 29.1. The molecular formula is C28H29N7O5S. The van der Waals surface area contributed by atoms with Crippen molar-refractivity contribution in [2.45, 2.75) is 39.0 Å². The third kappa shape index (κ3) is 5.09. The Morgan fingerprint density at radius 3 is 2.59 bits per heavy atom. The highest BCUT2D eigenvalue weighted by Crippen LogP contribution is 2.41. The summed E-state index contributed by atoms with van der Waals surface area (Å²) in [6, 6.07) is 11.9. The molecule has 0 bridgehead atoms. The van der Waals surface area contributed by atoms with Gasteiger partial charge < -0.3 is 21.1 Å². The molecule has 1 aliphatic carbocycles. The lowest BCUT2D eigenvalue weighted by atomic mass is 10.0. The third-order valence-corrected chi connectivity index (χ3v) is 8.15. The summed E-state index contributed by atoms with van der Waals surface area (Å²) in [5, 5.41) is 16.3. The van der Waals surface area contributed by atoms with Gasteiger partial charge in [0.1, 0.15) is 5.56 Å². The van der Waals surface area contributed by atoms with Crippen molar-refractivity contribution in [1.82, 2.24) is 19.5 Å². The number of nitrogens with one attached hydrogen (secondary N) is 2. The van der Waals surface area contributed by atoms with Gasteiger partial charge in [-0.2, -0.15) is 0 Å². The molecule has 0 spiro atoms. The number of fused-ring (bicyclic) bond motifs is 2. The first-order chi connectivity index (χ1) is 19.5. The number of nitrogens with two attached hydrogens (primary N) is 1. The predicted molar refractivity (Wildman–Crippen MR) is 154 cm³/mol. The van der Waals surface area contributed by atoms with Crippen LogP contribution in [0.25, 0.3) is 16.9 Å². The van der Waals surface area contributed by atoms with E-state index in [1.54, 1.807) is 47.5 Å². The van der Waals surface area contributed by atoms with Crippen LogP contribution in [0.1, 0.15) is 51.6 Å². The number of sulfonamides is 1. The van der Waals surface area contributed by atoms with Gasteiger partial charge in [-0.15, -0.1) is 5.10 Å². The number of carbonyl (C=O) groups excluding carboxylic acids is 2. The summed E-state index contributed by atoms with van der Waals surface area (Å²) in [4.78, 5) is 33.1. The maximum atomic E-state index is 13.4. The van der Waals surface area contributed by atoms with E-state index in [2.05, 4.69) is 20.1 Å². The lowest BCUT2D eigenvalue weighted by Gasteiger charge is -2.24. The normalized spacial score (nSPS) is 15.7. The van der Waals surface area contributed by atoms with Gasteiger partial charge in [-0.25, -0.2) is 17.9 Å². The van der Waals surface area contributed by atoms with E-state index in [9.17, 15) is 23.1 Å². The number of aliphatic hydroxyl groups is 1. The number of carbonyl (C=O) groups is 2. The average Bonchev–Trinajstić information content (AvgIpc) is 3.64. The Morgan fingerprint density at radius 1 is 1.20 bits per heavy atom. The minimum Gasteiger partial charge on any atom is -0.392 e. The van der Waals surface area contributed by atoms with Crippen LogP contribution in [0.2, 0.25) is 0 Å². The largest absolute Gasteiger partial charge is 0.392 e. The molecule has 2 amide bonds. The molecule has 41 heavy (non-hydrogen) atoms. The molecule has 1 atom stereocenters. The summed E-state index contributed by atoms with van der Waals surface area (Å²) < 4.78 is 28.4. The fourth-order valence-corrected chi connectivity index (χ4v) is 5.84. The highest BCUT2D eigenvalue weighted by Gasteiger charge is 2.40. The fourth-order valence-electron chi connectivity index (χ4n) is 5.28. The van der Waals surface area contributed by atoms with Crippen molar-refractivity contribution in [3.05, 3.63) is 70.9 Å². The summed E-state index contributed by atoms with van der Waals surface area (Å²) >= 11 is 0. The van der Waals surface area contributed by atoms with Crippen LogP contribution in [-0.2, 0) is 23.2 Å². The van der Waals surface area contributed by atoms with Crippen LogP contribution >= 0.6 is 0 Å². The van der Waals surface area contributed by atoms with Gasteiger partial charge in [0.05, 0.1) is 29.8 Å². The van der Waals surface area contributed by atoms with E-state index < -0.39 is 15.9 Å². The van der Waals surface area contributed by atoms with E-state index in [0.29, 0.717) is 46.1 Å². The number of amides is 2. The number of aliphatic hydroxyl groups excluding tert-OH is 1. The Balaban J connectivity index is 1.39. The van der Waals surface area contributed by atoms with Gasteiger partial charge in [0.25, 0.3) is 11.8 Å². The van der Waals surface area contributed by atoms with E-state index in [1.807, 2.05) is 13.0 Å². The molecule has 212 valence electrons. The molecule has 2 aromatic heterocycles. The molecule has 0 radical (unpaired) electrons. The van der Waals surface area contributed by atoms with Crippen LogP contribution in [0.5, 0.6) is 0 Å². The molecule has 3 heterocycles. The number of hydrogen-bond donors (Lipinski definition) is 4. The van der Waals surface area contributed by atoms with Gasteiger partial charge in [-0.3, -0.25) is 14.3 Å². The summed E-state index contributed by atoms with van der Waals surface area (Å²) in [6.07, 6.45) is 4.80. The molecule has 2 aliphatic rings. The van der Waals surface area contributed by atoms with Gasteiger partial charge >= 0.3 is 0 Å². The second kappa shape index (κ2) is 9.85. The van der Waals surface area contributed by atoms with Crippen molar-refractivity contribution in [3.8, 4) is 11.3 Å². The maximum Gasteiger partial charge on any atom is 0.263 e. The second-order valence-electron chi connectivity index (χ2n) is 10.6. The molecule has 0 unspecified atom stereocenters. The zero-order valence-electron chi connectivity index (χ0n) is 22.5. The number of nitrogen functional groups attached to an aromatic ring is 1. The molecule has 1 fully saturated rings. The van der Waals surface area contributed by atoms with Crippen LogP contribution < -0.4 is 15.8 Å². The molecule has 2 aromatic carbocycles. The van der Waals surface area contributed by atoms with Crippen LogP contribution in [0, 0.1) is 5.92 Å². The quantitative estimate of drug-likeness (QED) is 0.248. The van der Waals surface area contributed by atoms with Crippen LogP contribution in [-0.4, -0.2) is 57.1 Å². The molecule has 6 rings (SSSR count). The number of anilines is 3. The first-order valence-electron chi connectivity index (χ1n) is 13.1. The molecule has 5 N–H and O–H groups in total. The summed E-state index contributed by atoms with van der Waals surface area (Å²) in [5.74, 6) is -0.270. The number of aromatic nitrogens is 3. The Kier molecular flexibility index (Phi) is 6.42. The monoisotopic (exact) mass is 575 g/mol. The number of hydrogen-bond acceptors (Lipinski definition) is 8. The molecule has 1 aliphatic heterocycles. The van der Waals surface area contributed by atoms with Crippen LogP contribution in [0.15, 0.2) is 48.7 Å². The van der Waals surface area contributed by atoms with E-state index in [-0.39, 0.29) is 41.3 Å². The molecular weight excluding hydrogens is 546 g/mol. The summed E-state index contributed by atoms with van der Waals surface area (Å²) in [5.41, 5.74) is 9.85. The minimum atomic E-state index is -3.68. The van der Waals surface area contributed by atoms with Gasteiger partial charge in [0, 0.05) is 30.0 Å². The SMILES string of the molecule is C[C@@H](C1CC1)N1Cc2cc(-c3ccn4nc(N)c(C(=O)Nc5ccc(CO)cc5)c4n3)cc(NS(C)(=O)=O)c2C1=O. The number of nitrogens with zero attached hydrogens (tertiary/aromatic N) is 4. The van der Waals surface area contributed by atoms with Gasteiger partial charge in [-0.1, -0.05) is 12.1 Å². The van der Waals surface area contributed by atoms with Crippen molar-refractivity contribution in [3.63, 3.8) is 0 Å². The smallest absolute Gasteiger partial charge is 0.263 e. The van der Waals surface area contributed by atoms with Crippen molar-refractivity contribution < 1.29 is 23.1 Å². The standard InChI is InChI=1S/C28H29N7O5S/c1-15(17-5-6-17)34-13-19-11-18(12-22(23(19)28(34)38)33-41(2,39)40)21-9-10-35-26(31-21)24(25(29)32-35)27(37)30-20-7-3-16(14-36)4-8-20/h3-4,7-12,15,17,33,36H,5-6,13-14H2,1-2H3,(H2,29,32)(H,30,37)/t15-/m0/s1. The number of rotatable bonds is 8. The van der Waals surface area contributed by atoms with Gasteiger partial charge in [-0.05, 0) is 67.1 Å². The zero-order valence-corrected chi connectivity index (χ0v) is 23.3. The lowest BCUT2D eigenvalue weighted by molar-refractivity contribution is 0.0698. The Hall–Kier alpha value is -4.49. The fraction of sp³-hybridized carbons (Fsp3) is 0.286. The molecule has 0 saturated heterocycles. The average molecular weight is 576 g/mol. The van der Waals surface area contributed by atoms with Crippen molar-refractivity contribution in [1.29, 1.82) is 0 Å². The maximum absolute atomic E-state index is 13.4. The molecule has 1 saturated carbocycles. The second-order valence-corrected chi connectivity index (χ2v) is 12.3. The highest BCUT2D eigenvalue weighted by molar-refractivity contribution is 7.92. The van der Waals surface area contributed by atoms with E-state index in [4.69, 9.17) is 5.73 Å². The van der Waals surface area contributed by atoms with Crippen molar-refractivity contribution >= 4 is 44.7 Å². The van der Waals surface area contributed by atoms with Gasteiger partial charge in [0.15, 0.2) is 11.5 Å². The van der Waals surface area contributed by atoms with Crippen LogP contribution in [0.4, 0.5) is 17.2 Å². The van der Waals surface area contributed by atoms with Crippen molar-refractivity contribution in [2.75, 3.05) is 22.0 Å². The van der Waals surface area contributed by atoms with E-state index >= 15 is 0 Å². The Morgan fingerprint density at radius 2 is 1.93 bits per heavy atom. The Labute approximate surface area is 236 Å². The van der Waals surface area contributed by atoms with Crippen molar-refractivity contribution in [2.24, 2.45) is 5.92 Å². The molecule has 13 heteroatoms. The number of benzene rings is 2. The molecule has 4 aromatic rings. The summed E-state index contributed by atoms with van der Waals surface area (Å²) in [6.45, 7) is 2.28. The predicted octanol–water partition coefficient (Wildman–Crippen LogP) is 2.85. The topological polar surface area (TPSA) is 172 Å². The Bertz CT molecular complexity index is 1810. The lowest BCUT2D eigenvalue weighted by Crippen LogP contribution is -2.34. The van der Waals surface area contributed by atoms with Gasteiger partial charge in [0.2, 0.25) is 10.0 Å². The summed E-state index contributed by atoms with van der Waals surface area (Å²) in [7, 11) is -3.68. The first-order valence-corrected chi connectivity index (χ1v) is 15.0. The highest BCUT2D eigenvalue weighted by atomic mass is 32.2. The third-order valence-electron chi connectivity index (χ3n) is 7.56. The first kappa shape index (κ1) is 26.7. The molecule has 12 nitrogen and oxygen atoms in total. The van der Waals surface area contributed by atoms with Crippen LogP contribution in [0.3, 0.4) is 0 Å².